The smallest absolute Gasteiger partial charge is 0.316 e. The second-order valence-corrected chi connectivity index (χ2v) is 6.98. The van der Waals surface area contributed by atoms with E-state index in [4.69, 9.17) is 4.74 Å². The number of ether oxygens (including phenoxy) is 1. The maximum Gasteiger partial charge on any atom is 0.316 e. The number of thioether (sulfide) groups is 1. The van der Waals surface area contributed by atoms with Crippen molar-refractivity contribution in [2.24, 2.45) is 0 Å². The van der Waals surface area contributed by atoms with Crippen molar-refractivity contribution in [3.63, 3.8) is 0 Å². The topological polar surface area (TPSA) is 77.2 Å². The third kappa shape index (κ3) is 3.88. The monoisotopic (exact) mass is 369 g/mol. The van der Waals surface area contributed by atoms with Crippen molar-refractivity contribution in [3.8, 4) is 17.1 Å². The zero-order chi connectivity index (χ0) is 18.5. The fraction of sp³-hybridized carbons (Fsp3) is 0.211. The number of methoxy groups -OCH3 is 1. The molecule has 0 fully saturated rings. The predicted octanol–water partition coefficient (Wildman–Crippen LogP) is 3.57. The first-order chi connectivity index (χ1) is 12.6. The molecule has 1 atom stereocenters. The van der Waals surface area contributed by atoms with Gasteiger partial charge < -0.3 is 9.84 Å². The van der Waals surface area contributed by atoms with E-state index in [0.717, 1.165) is 11.1 Å². The minimum atomic E-state index is -0.886. The molecule has 1 N–H and O–H groups in total. The van der Waals surface area contributed by atoms with Gasteiger partial charge in [-0.25, -0.2) is 0 Å². The van der Waals surface area contributed by atoms with Crippen molar-refractivity contribution < 1.29 is 14.6 Å². The Labute approximate surface area is 155 Å². The van der Waals surface area contributed by atoms with Crippen molar-refractivity contribution in [2.75, 3.05) is 7.11 Å². The number of aliphatic carboxylic acids is 1. The fourth-order valence-corrected chi connectivity index (χ4v) is 3.30. The number of hydrogen-bond donors (Lipinski definition) is 1. The standard InChI is InChI=1S/C19H19N3O3S/c1-13(18(23)24)26-19-21-20-17(15-10-6-7-11-16(15)25-2)22(19)12-14-8-4-3-5-9-14/h3-11,13H,12H2,1-2H3,(H,23,24). The first-order valence-electron chi connectivity index (χ1n) is 8.10. The molecule has 3 aromatic rings. The van der Waals surface area contributed by atoms with E-state index in [1.807, 2.05) is 59.2 Å². The molecule has 0 aliphatic rings. The van der Waals surface area contributed by atoms with Crippen LogP contribution in [-0.2, 0) is 11.3 Å². The molecule has 1 aromatic heterocycles. The van der Waals surface area contributed by atoms with Gasteiger partial charge in [-0.3, -0.25) is 9.36 Å². The summed E-state index contributed by atoms with van der Waals surface area (Å²) in [5.74, 6) is 0.450. The molecule has 0 saturated heterocycles. The highest BCUT2D eigenvalue weighted by Gasteiger charge is 2.21. The van der Waals surface area contributed by atoms with Gasteiger partial charge in [-0.05, 0) is 24.6 Å². The van der Waals surface area contributed by atoms with Crippen molar-refractivity contribution in [3.05, 3.63) is 60.2 Å². The molecule has 0 bridgehead atoms. The lowest BCUT2D eigenvalue weighted by Crippen LogP contribution is -2.13. The van der Waals surface area contributed by atoms with Crippen LogP contribution >= 0.6 is 11.8 Å². The minimum Gasteiger partial charge on any atom is -0.496 e. The summed E-state index contributed by atoms with van der Waals surface area (Å²) in [4.78, 5) is 11.3. The van der Waals surface area contributed by atoms with Crippen LogP contribution in [0.4, 0.5) is 0 Å². The van der Waals surface area contributed by atoms with Gasteiger partial charge in [0.15, 0.2) is 11.0 Å². The molecule has 0 aliphatic heterocycles. The summed E-state index contributed by atoms with van der Waals surface area (Å²) in [7, 11) is 1.61. The fourth-order valence-electron chi connectivity index (χ4n) is 2.52. The molecule has 7 heteroatoms. The molecule has 0 amide bonds. The third-order valence-corrected chi connectivity index (χ3v) is 4.95. The number of nitrogens with zero attached hydrogens (tertiary/aromatic N) is 3. The van der Waals surface area contributed by atoms with E-state index in [1.165, 1.54) is 11.8 Å². The molecule has 0 spiro atoms. The van der Waals surface area contributed by atoms with Crippen LogP contribution in [0, 0.1) is 0 Å². The largest absolute Gasteiger partial charge is 0.496 e. The molecule has 1 heterocycles. The Balaban J connectivity index is 2.06. The van der Waals surface area contributed by atoms with Crippen molar-refractivity contribution in [1.82, 2.24) is 14.8 Å². The quantitative estimate of drug-likeness (QED) is 0.642. The van der Waals surface area contributed by atoms with E-state index in [0.29, 0.717) is 23.3 Å². The normalized spacial score (nSPS) is 11.9. The van der Waals surface area contributed by atoms with Gasteiger partial charge >= 0.3 is 5.97 Å². The minimum absolute atomic E-state index is 0.538. The first-order valence-corrected chi connectivity index (χ1v) is 8.98. The van der Waals surface area contributed by atoms with Crippen molar-refractivity contribution in [2.45, 2.75) is 23.9 Å². The van der Waals surface area contributed by atoms with E-state index < -0.39 is 11.2 Å². The van der Waals surface area contributed by atoms with Crippen LogP contribution in [0.15, 0.2) is 59.8 Å². The van der Waals surface area contributed by atoms with E-state index in [9.17, 15) is 9.90 Å². The molecular weight excluding hydrogens is 350 g/mol. The molecule has 0 saturated carbocycles. The number of carboxylic acid groups (broad SMARTS) is 1. The second-order valence-electron chi connectivity index (χ2n) is 5.68. The lowest BCUT2D eigenvalue weighted by Gasteiger charge is -2.13. The SMILES string of the molecule is COc1ccccc1-c1nnc(SC(C)C(=O)O)n1Cc1ccccc1. The zero-order valence-electron chi connectivity index (χ0n) is 14.5. The van der Waals surface area contributed by atoms with Gasteiger partial charge in [0.2, 0.25) is 0 Å². The van der Waals surface area contributed by atoms with Crippen molar-refractivity contribution in [1.29, 1.82) is 0 Å². The number of carboxylic acids is 1. The molecule has 3 rings (SSSR count). The second kappa shape index (κ2) is 8.05. The lowest BCUT2D eigenvalue weighted by molar-refractivity contribution is -0.136. The Hall–Kier alpha value is -2.80. The lowest BCUT2D eigenvalue weighted by atomic mass is 10.1. The van der Waals surface area contributed by atoms with Gasteiger partial charge in [0, 0.05) is 0 Å². The number of hydrogen-bond acceptors (Lipinski definition) is 5. The highest BCUT2D eigenvalue weighted by molar-refractivity contribution is 8.00. The molecule has 26 heavy (non-hydrogen) atoms. The number of rotatable bonds is 7. The van der Waals surface area contributed by atoms with E-state index in [-0.39, 0.29) is 0 Å². The Morgan fingerprint density at radius 1 is 1.15 bits per heavy atom. The molecule has 1 unspecified atom stereocenters. The Morgan fingerprint density at radius 3 is 2.54 bits per heavy atom. The molecular formula is C19H19N3O3S. The van der Waals surface area contributed by atoms with Gasteiger partial charge in [-0.1, -0.05) is 54.2 Å². The molecule has 6 nitrogen and oxygen atoms in total. The maximum atomic E-state index is 11.3. The average Bonchev–Trinajstić information content (AvgIpc) is 3.04. The summed E-state index contributed by atoms with van der Waals surface area (Å²) < 4.78 is 7.38. The Morgan fingerprint density at radius 2 is 1.85 bits per heavy atom. The van der Waals surface area contributed by atoms with Crippen LogP contribution in [-0.4, -0.2) is 38.2 Å². The third-order valence-electron chi connectivity index (χ3n) is 3.88. The summed E-state index contributed by atoms with van der Waals surface area (Å²) >= 11 is 1.18. The Bertz CT molecular complexity index is 896. The van der Waals surface area contributed by atoms with Crippen LogP contribution in [0.5, 0.6) is 5.75 Å². The van der Waals surface area contributed by atoms with E-state index >= 15 is 0 Å². The molecule has 0 radical (unpaired) electrons. The summed E-state index contributed by atoms with van der Waals surface area (Å²) in [6.45, 7) is 2.17. The van der Waals surface area contributed by atoms with Gasteiger partial charge in [-0.2, -0.15) is 0 Å². The summed E-state index contributed by atoms with van der Waals surface area (Å²) in [6.07, 6.45) is 0. The van der Waals surface area contributed by atoms with Gasteiger partial charge in [0.25, 0.3) is 0 Å². The highest BCUT2D eigenvalue weighted by atomic mass is 32.2. The van der Waals surface area contributed by atoms with Crippen LogP contribution in [0.3, 0.4) is 0 Å². The first kappa shape index (κ1) is 18.0. The summed E-state index contributed by atoms with van der Waals surface area (Å²) in [5, 5.41) is 17.7. The summed E-state index contributed by atoms with van der Waals surface area (Å²) in [5.41, 5.74) is 1.89. The predicted molar refractivity (Wildman–Crippen MR) is 101 cm³/mol. The van der Waals surface area contributed by atoms with Crippen molar-refractivity contribution >= 4 is 17.7 Å². The average molecular weight is 369 g/mol. The maximum absolute atomic E-state index is 11.3. The summed E-state index contributed by atoms with van der Waals surface area (Å²) in [6, 6.07) is 17.5. The number of carbonyl (C=O) groups is 1. The zero-order valence-corrected chi connectivity index (χ0v) is 15.3. The van der Waals surface area contributed by atoms with Gasteiger partial charge in [-0.15, -0.1) is 10.2 Å². The number of aromatic nitrogens is 3. The number of para-hydroxylation sites is 1. The number of benzene rings is 2. The molecule has 2 aromatic carbocycles. The van der Waals surface area contributed by atoms with E-state index in [2.05, 4.69) is 10.2 Å². The van der Waals surface area contributed by atoms with Crippen LogP contribution < -0.4 is 4.74 Å². The molecule has 0 aliphatic carbocycles. The van der Waals surface area contributed by atoms with Crippen LogP contribution in [0.1, 0.15) is 12.5 Å². The van der Waals surface area contributed by atoms with Crippen LogP contribution in [0.2, 0.25) is 0 Å². The van der Waals surface area contributed by atoms with Gasteiger partial charge in [0.05, 0.1) is 19.2 Å². The van der Waals surface area contributed by atoms with Crippen LogP contribution in [0.25, 0.3) is 11.4 Å². The molecule has 134 valence electrons. The highest BCUT2D eigenvalue weighted by Crippen LogP contribution is 2.32. The van der Waals surface area contributed by atoms with Gasteiger partial charge in [0.1, 0.15) is 11.0 Å². The Kier molecular flexibility index (Phi) is 5.58. The van der Waals surface area contributed by atoms with E-state index in [1.54, 1.807) is 14.0 Å².